The van der Waals surface area contributed by atoms with Crippen molar-refractivity contribution in [2.45, 2.75) is 25.9 Å². The molecule has 2 amide bonds. The Hall–Kier alpha value is -2.85. The summed E-state index contributed by atoms with van der Waals surface area (Å²) in [5.41, 5.74) is 2.47. The lowest BCUT2D eigenvalue weighted by Crippen LogP contribution is -2.26. The van der Waals surface area contributed by atoms with Crippen LogP contribution in [-0.2, 0) is 22.4 Å². The first-order valence-corrected chi connectivity index (χ1v) is 8.80. The first kappa shape index (κ1) is 18.0. The molecule has 0 aromatic heterocycles. The van der Waals surface area contributed by atoms with Gasteiger partial charge in [0.2, 0.25) is 0 Å². The Balaban J connectivity index is 1.79. The summed E-state index contributed by atoms with van der Waals surface area (Å²) in [6.07, 6.45) is -0.443. The molecule has 1 heterocycles. The fourth-order valence-corrected chi connectivity index (χ4v) is 3.16. The number of alkyl carbamates (subject to hydrolysis) is 1. The highest BCUT2D eigenvalue weighted by atomic mass is 79.9. The van der Waals surface area contributed by atoms with E-state index in [9.17, 15) is 9.59 Å². The highest BCUT2D eigenvalue weighted by molar-refractivity contribution is 9.10. The molecule has 0 radical (unpaired) electrons. The molecule has 26 heavy (non-hydrogen) atoms. The molecule has 1 fully saturated rings. The van der Waals surface area contributed by atoms with Crippen LogP contribution in [0.4, 0.5) is 4.79 Å². The molecule has 1 N–H and O–H groups in total. The Labute approximate surface area is 158 Å². The summed E-state index contributed by atoms with van der Waals surface area (Å²) in [5.74, 6) is 0.825. The van der Waals surface area contributed by atoms with E-state index in [0.717, 1.165) is 17.5 Å². The summed E-state index contributed by atoms with van der Waals surface area (Å²) in [5, 5.41) is 11.1. The molecule has 1 aliphatic heterocycles. The molecule has 0 spiro atoms. The number of rotatable bonds is 5. The average Bonchev–Trinajstić information content (AvgIpc) is 2.95. The van der Waals surface area contributed by atoms with E-state index in [-0.39, 0.29) is 0 Å². The maximum Gasteiger partial charge on any atom is 0.414 e. The molecule has 7 heteroatoms. The van der Waals surface area contributed by atoms with Crippen LogP contribution in [0.3, 0.4) is 0 Å². The number of cyclic esters (lactones) is 1. The summed E-state index contributed by atoms with van der Waals surface area (Å²) in [7, 11) is 0. The fraction of sp³-hybridized carbons (Fsp3) is 0.211. The number of amides is 2. The average molecular weight is 415 g/mol. The number of nitrogens with one attached hydrogen (secondary N) is 1. The van der Waals surface area contributed by atoms with Crippen LogP contribution in [0.15, 0.2) is 40.9 Å². The van der Waals surface area contributed by atoms with Crippen LogP contribution in [0.5, 0.6) is 11.5 Å². The molecule has 2 aromatic rings. The van der Waals surface area contributed by atoms with Gasteiger partial charge in [0.15, 0.2) is 6.10 Å². The van der Waals surface area contributed by atoms with E-state index in [1.807, 2.05) is 19.1 Å². The second-order valence-corrected chi connectivity index (χ2v) is 6.58. The molecule has 0 saturated carbocycles. The zero-order chi connectivity index (χ0) is 18.7. The van der Waals surface area contributed by atoms with Crippen molar-refractivity contribution in [2.24, 2.45) is 0 Å². The van der Waals surface area contributed by atoms with Crippen molar-refractivity contribution in [3.05, 3.63) is 57.6 Å². The van der Waals surface area contributed by atoms with Gasteiger partial charge in [-0.3, -0.25) is 10.1 Å². The van der Waals surface area contributed by atoms with Crippen LogP contribution >= 0.6 is 15.9 Å². The van der Waals surface area contributed by atoms with Crippen molar-refractivity contribution < 1.29 is 19.1 Å². The largest absolute Gasteiger partial charge is 0.456 e. The molecule has 2 aromatic carbocycles. The van der Waals surface area contributed by atoms with Gasteiger partial charge in [-0.05, 0) is 63.8 Å². The van der Waals surface area contributed by atoms with Crippen LogP contribution in [-0.4, -0.2) is 18.1 Å². The number of hydrogen-bond acceptors (Lipinski definition) is 5. The third kappa shape index (κ3) is 3.86. The lowest BCUT2D eigenvalue weighted by atomic mass is 9.99. The molecule has 132 valence electrons. The highest BCUT2D eigenvalue weighted by Gasteiger charge is 2.32. The smallest absolute Gasteiger partial charge is 0.414 e. The lowest BCUT2D eigenvalue weighted by Gasteiger charge is -2.14. The normalized spacial score (nSPS) is 16.0. The van der Waals surface area contributed by atoms with Crippen molar-refractivity contribution in [3.8, 4) is 17.6 Å². The minimum atomic E-state index is -0.799. The van der Waals surface area contributed by atoms with Gasteiger partial charge in [0.05, 0.1) is 16.1 Å². The summed E-state index contributed by atoms with van der Waals surface area (Å²) >= 11 is 3.40. The number of halogens is 1. The van der Waals surface area contributed by atoms with Gasteiger partial charge in [-0.1, -0.05) is 13.0 Å². The maximum atomic E-state index is 11.7. The quantitative estimate of drug-likeness (QED) is 0.802. The topological polar surface area (TPSA) is 88.4 Å². The number of ether oxygens (including phenoxy) is 2. The number of nitriles is 1. The third-order valence-electron chi connectivity index (χ3n) is 4.02. The van der Waals surface area contributed by atoms with E-state index >= 15 is 0 Å². The van der Waals surface area contributed by atoms with Crippen molar-refractivity contribution in [1.82, 2.24) is 5.32 Å². The third-order valence-corrected chi connectivity index (χ3v) is 4.64. The van der Waals surface area contributed by atoms with Gasteiger partial charge in [-0.15, -0.1) is 0 Å². The van der Waals surface area contributed by atoms with Crippen LogP contribution in [0.25, 0.3) is 0 Å². The van der Waals surface area contributed by atoms with Crippen LogP contribution < -0.4 is 10.1 Å². The Morgan fingerprint density at radius 1 is 1.23 bits per heavy atom. The Bertz CT molecular complexity index is 920. The number of nitrogens with zero attached hydrogens (tertiary/aromatic N) is 1. The fourth-order valence-electron chi connectivity index (χ4n) is 2.70. The number of hydrogen-bond donors (Lipinski definition) is 1. The monoisotopic (exact) mass is 414 g/mol. The zero-order valence-electron chi connectivity index (χ0n) is 13.9. The molecule has 1 atom stereocenters. The number of carbonyl (C=O) groups excluding carboxylic acids is 2. The number of carbonyl (C=O) groups is 2. The van der Waals surface area contributed by atoms with Gasteiger partial charge < -0.3 is 9.47 Å². The SMILES string of the molecule is CCc1cc(Oc2ccc(C#N)cc2Br)ccc1CC1OC(=O)NC1=O. The minimum Gasteiger partial charge on any atom is -0.456 e. The molecule has 1 unspecified atom stereocenters. The van der Waals surface area contributed by atoms with Crippen molar-refractivity contribution in [2.75, 3.05) is 0 Å². The van der Waals surface area contributed by atoms with Gasteiger partial charge in [0.25, 0.3) is 5.91 Å². The lowest BCUT2D eigenvalue weighted by molar-refractivity contribution is -0.123. The molecule has 3 rings (SSSR count). The first-order valence-electron chi connectivity index (χ1n) is 8.01. The second-order valence-electron chi connectivity index (χ2n) is 5.73. The summed E-state index contributed by atoms with van der Waals surface area (Å²) in [6.45, 7) is 2.00. The van der Waals surface area contributed by atoms with E-state index in [4.69, 9.17) is 14.7 Å². The number of imide groups is 1. The summed E-state index contributed by atoms with van der Waals surface area (Å²) in [6, 6.07) is 12.7. The van der Waals surface area contributed by atoms with Crippen LogP contribution in [0, 0.1) is 11.3 Å². The van der Waals surface area contributed by atoms with Gasteiger partial charge in [0.1, 0.15) is 11.5 Å². The first-order chi connectivity index (χ1) is 12.5. The van der Waals surface area contributed by atoms with Crippen molar-refractivity contribution in [1.29, 1.82) is 5.26 Å². The van der Waals surface area contributed by atoms with Crippen LogP contribution in [0.2, 0.25) is 0 Å². The van der Waals surface area contributed by atoms with Gasteiger partial charge >= 0.3 is 6.09 Å². The molecular weight excluding hydrogens is 400 g/mol. The standard InChI is InChI=1S/C19H15BrN2O4/c1-2-12-8-14(25-16-6-3-11(10-21)7-15(16)20)5-4-13(12)9-17-18(23)22-19(24)26-17/h3-8,17H,2,9H2,1H3,(H,22,23,24). The number of aryl methyl sites for hydroxylation is 1. The summed E-state index contributed by atoms with van der Waals surface area (Å²) in [4.78, 5) is 22.8. The Kier molecular flexibility index (Phi) is 5.24. The van der Waals surface area contributed by atoms with Crippen LogP contribution in [0.1, 0.15) is 23.6 Å². The molecule has 1 aliphatic rings. The van der Waals surface area contributed by atoms with E-state index in [0.29, 0.717) is 28.0 Å². The Morgan fingerprint density at radius 2 is 2.04 bits per heavy atom. The molecular formula is C19H15BrN2O4. The molecule has 0 bridgehead atoms. The minimum absolute atomic E-state index is 0.321. The summed E-state index contributed by atoms with van der Waals surface area (Å²) < 4.78 is 11.6. The predicted octanol–water partition coefficient (Wildman–Crippen LogP) is 3.85. The highest BCUT2D eigenvalue weighted by Crippen LogP contribution is 2.32. The van der Waals surface area contributed by atoms with Crippen molar-refractivity contribution >= 4 is 27.9 Å². The van der Waals surface area contributed by atoms with Gasteiger partial charge in [-0.25, -0.2) is 4.79 Å². The Morgan fingerprint density at radius 3 is 2.65 bits per heavy atom. The number of benzene rings is 2. The molecule has 0 aliphatic carbocycles. The van der Waals surface area contributed by atoms with Crippen molar-refractivity contribution in [3.63, 3.8) is 0 Å². The van der Waals surface area contributed by atoms with E-state index in [1.54, 1.807) is 24.3 Å². The zero-order valence-corrected chi connectivity index (χ0v) is 15.5. The second kappa shape index (κ2) is 7.58. The van der Waals surface area contributed by atoms with E-state index < -0.39 is 18.1 Å². The van der Waals surface area contributed by atoms with Gasteiger partial charge in [-0.2, -0.15) is 5.26 Å². The maximum absolute atomic E-state index is 11.7. The molecule has 1 saturated heterocycles. The van der Waals surface area contributed by atoms with E-state index in [2.05, 4.69) is 27.3 Å². The predicted molar refractivity (Wildman–Crippen MR) is 96.9 cm³/mol. The van der Waals surface area contributed by atoms with Gasteiger partial charge in [0, 0.05) is 6.42 Å². The van der Waals surface area contributed by atoms with E-state index in [1.165, 1.54) is 0 Å². The molecule has 6 nitrogen and oxygen atoms in total.